The molecule has 1 aromatic rings. The number of hydrogen-bond acceptors (Lipinski definition) is 3. The monoisotopic (exact) mass is 333 g/mol. The Morgan fingerprint density at radius 2 is 1.92 bits per heavy atom. The first-order valence-corrected chi connectivity index (χ1v) is 8.90. The number of ether oxygens (including phenoxy) is 2. The van der Waals surface area contributed by atoms with Crippen LogP contribution in [0.3, 0.4) is 0 Å². The van der Waals surface area contributed by atoms with Gasteiger partial charge in [0.05, 0.1) is 20.3 Å². The molecule has 5 heteroatoms. The number of methoxy groups -OCH3 is 2. The maximum Gasteiger partial charge on any atom is 0.191 e. The topological polar surface area (TPSA) is 54.9 Å². The van der Waals surface area contributed by atoms with Crippen LogP contribution < -0.4 is 15.4 Å². The highest BCUT2D eigenvalue weighted by atomic mass is 16.5. The Hall–Kier alpha value is -1.75. The van der Waals surface area contributed by atoms with Gasteiger partial charge in [-0.25, -0.2) is 0 Å². The molecule has 0 amide bonds. The highest BCUT2D eigenvalue weighted by Crippen LogP contribution is 2.44. The van der Waals surface area contributed by atoms with Crippen LogP contribution in [0.25, 0.3) is 0 Å². The van der Waals surface area contributed by atoms with Crippen molar-refractivity contribution in [1.29, 1.82) is 0 Å². The van der Waals surface area contributed by atoms with Crippen molar-refractivity contribution in [1.82, 2.24) is 10.6 Å². The van der Waals surface area contributed by atoms with E-state index >= 15 is 0 Å². The molecule has 5 nitrogen and oxygen atoms in total. The molecule has 0 unspecified atom stereocenters. The van der Waals surface area contributed by atoms with E-state index in [1.807, 2.05) is 6.07 Å². The van der Waals surface area contributed by atoms with Crippen molar-refractivity contribution in [3.8, 4) is 5.75 Å². The van der Waals surface area contributed by atoms with Crippen molar-refractivity contribution in [3.05, 3.63) is 29.8 Å². The van der Waals surface area contributed by atoms with Crippen molar-refractivity contribution in [2.75, 3.05) is 40.5 Å². The van der Waals surface area contributed by atoms with Crippen molar-refractivity contribution in [2.45, 2.75) is 38.0 Å². The van der Waals surface area contributed by atoms with Gasteiger partial charge in [-0.05, 0) is 25.8 Å². The van der Waals surface area contributed by atoms with Crippen LogP contribution in [-0.4, -0.2) is 46.4 Å². The van der Waals surface area contributed by atoms with E-state index in [0.29, 0.717) is 6.61 Å². The molecule has 1 aliphatic rings. The highest BCUT2D eigenvalue weighted by molar-refractivity contribution is 5.79. The maximum absolute atomic E-state index is 5.62. The van der Waals surface area contributed by atoms with Crippen LogP contribution in [0.2, 0.25) is 0 Å². The van der Waals surface area contributed by atoms with E-state index in [2.05, 4.69) is 35.8 Å². The summed E-state index contributed by atoms with van der Waals surface area (Å²) in [6.45, 7) is 5.13. The zero-order valence-electron chi connectivity index (χ0n) is 15.2. The molecule has 2 N–H and O–H groups in total. The Bertz CT molecular complexity index is 525. The summed E-state index contributed by atoms with van der Waals surface area (Å²) in [5.41, 5.74) is 1.37. The second-order valence-corrected chi connectivity index (χ2v) is 6.30. The molecule has 1 aliphatic carbocycles. The van der Waals surface area contributed by atoms with Crippen molar-refractivity contribution in [3.63, 3.8) is 0 Å². The summed E-state index contributed by atoms with van der Waals surface area (Å²) in [4.78, 5) is 4.87. The van der Waals surface area contributed by atoms with E-state index in [1.165, 1.54) is 18.4 Å². The van der Waals surface area contributed by atoms with E-state index < -0.39 is 0 Å². The summed E-state index contributed by atoms with van der Waals surface area (Å²) in [6, 6.07) is 8.39. The van der Waals surface area contributed by atoms with Gasteiger partial charge in [-0.15, -0.1) is 0 Å². The predicted octanol–water partition coefficient (Wildman–Crippen LogP) is 2.71. The summed E-state index contributed by atoms with van der Waals surface area (Å²) in [5, 5.41) is 6.64. The molecule has 0 radical (unpaired) electrons. The molecule has 0 spiro atoms. The van der Waals surface area contributed by atoms with Crippen LogP contribution in [0.4, 0.5) is 0 Å². The van der Waals surface area contributed by atoms with E-state index in [-0.39, 0.29) is 5.41 Å². The second kappa shape index (κ2) is 9.52. The first-order valence-electron chi connectivity index (χ1n) is 8.90. The number of aliphatic imine (C=N–C) groups is 1. The number of nitrogens with zero attached hydrogens (tertiary/aromatic N) is 1. The van der Waals surface area contributed by atoms with Crippen molar-refractivity contribution >= 4 is 5.96 Å². The van der Waals surface area contributed by atoms with E-state index in [0.717, 1.165) is 44.2 Å². The Kier molecular flexibility index (Phi) is 7.37. The van der Waals surface area contributed by atoms with Crippen LogP contribution in [0.1, 0.15) is 38.2 Å². The smallest absolute Gasteiger partial charge is 0.191 e. The highest BCUT2D eigenvalue weighted by Gasteiger charge is 2.37. The molecule has 0 saturated heterocycles. The van der Waals surface area contributed by atoms with E-state index in [1.54, 1.807) is 14.2 Å². The molecule has 0 aliphatic heterocycles. The normalized spacial score (nSPS) is 16.9. The maximum atomic E-state index is 5.62. The fraction of sp³-hybridized carbons (Fsp3) is 0.632. The Morgan fingerprint density at radius 3 is 2.58 bits per heavy atom. The molecule has 1 aromatic carbocycles. The number of benzene rings is 1. The van der Waals surface area contributed by atoms with Crippen molar-refractivity contribution < 1.29 is 9.47 Å². The third kappa shape index (κ3) is 4.63. The number of nitrogens with one attached hydrogen (secondary N) is 2. The van der Waals surface area contributed by atoms with Gasteiger partial charge in [0.2, 0.25) is 0 Å². The lowest BCUT2D eigenvalue weighted by Crippen LogP contribution is -2.40. The zero-order chi connectivity index (χ0) is 17.3. The molecular weight excluding hydrogens is 302 g/mol. The van der Waals surface area contributed by atoms with Gasteiger partial charge in [0.1, 0.15) is 5.75 Å². The van der Waals surface area contributed by atoms with Crippen LogP contribution >= 0.6 is 0 Å². The van der Waals surface area contributed by atoms with Crippen molar-refractivity contribution in [2.24, 2.45) is 4.99 Å². The predicted molar refractivity (Wildman–Crippen MR) is 99.0 cm³/mol. The molecule has 0 atom stereocenters. The minimum absolute atomic E-state index is 0.0796. The van der Waals surface area contributed by atoms with Crippen LogP contribution in [0, 0.1) is 0 Å². The lowest BCUT2D eigenvalue weighted by atomic mass is 9.78. The van der Waals surface area contributed by atoms with Gasteiger partial charge in [0.15, 0.2) is 5.96 Å². The second-order valence-electron chi connectivity index (χ2n) is 6.30. The molecular formula is C19H31N3O2. The zero-order valence-corrected chi connectivity index (χ0v) is 15.2. The van der Waals surface area contributed by atoms with Crippen LogP contribution in [0.15, 0.2) is 29.3 Å². The molecule has 0 aromatic heterocycles. The lowest BCUT2D eigenvalue weighted by molar-refractivity contribution is 0.203. The number of hydrogen-bond donors (Lipinski definition) is 2. The first-order chi connectivity index (χ1) is 11.8. The van der Waals surface area contributed by atoms with Crippen LogP contribution in [0.5, 0.6) is 5.75 Å². The Morgan fingerprint density at radius 1 is 1.17 bits per heavy atom. The Balaban J connectivity index is 2.18. The molecule has 0 bridgehead atoms. The van der Waals surface area contributed by atoms with E-state index in [4.69, 9.17) is 14.5 Å². The van der Waals surface area contributed by atoms with Gasteiger partial charge in [0, 0.05) is 31.2 Å². The summed E-state index contributed by atoms with van der Waals surface area (Å²) in [5.74, 6) is 1.84. The molecule has 134 valence electrons. The van der Waals surface area contributed by atoms with Gasteiger partial charge < -0.3 is 20.1 Å². The van der Waals surface area contributed by atoms with Crippen LogP contribution in [-0.2, 0) is 10.2 Å². The summed E-state index contributed by atoms with van der Waals surface area (Å²) < 4.78 is 10.7. The van der Waals surface area contributed by atoms with Gasteiger partial charge in [-0.3, -0.25) is 4.99 Å². The average Bonchev–Trinajstić information content (AvgIpc) is 3.10. The number of guanidine groups is 1. The van der Waals surface area contributed by atoms with Gasteiger partial charge in [-0.1, -0.05) is 31.0 Å². The summed E-state index contributed by atoms with van der Waals surface area (Å²) >= 11 is 0. The quantitative estimate of drug-likeness (QED) is 0.436. The molecule has 1 saturated carbocycles. The number of para-hydroxylation sites is 1. The average molecular weight is 333 g/mol. The largest absolute Gasteiger partial charge is 0.496 e. The minimum atomic E-state index is 0.0796. The third-order valence-corrected chi connectivity index (χ3v) is 4.72. The third-order valence-electron chi connectivity index (χ3n) is 4.72. The molecule has 2 rings (SSSR count). The molecule has 0 heterocycles. The van der Waals surface area contributed by atoms with Gasteiger partial charge in [-0.2, -0.15) is 0 Å². The number of rotatable bonds is 8. The summed E-state index contributed by atoms with van der Waals surface area (Å²) in [6.07, 6.45) is 4.82. The Labute approximate surface area is 145 Å². The summed E-state index contributed by atoms with van der Waals surface area (Å²) in [7, 11) is 3.46. The van der Waals surface area contributed by atoms with Gasteiger partial charge >= 0.3 is 0 Å². The fourth-order valence-corrected chi connectivity index (χ4v) is 3.49. The minimum Gasteiger partial charge on any atom is -0.496 e. The van der Waals surface area contributed by atoms with E-state index in [9.17, 15) is 0 Å². The SMILES string of the molecule is CCNC(=NCC1(c2ccccc2OC)CCCC1)NCCOC. The standard InChI is InChI=1S/C19H31N3O2/c1-4-20-18(21-13-14-23-2)22-15-19(11-7-8-12-19)16-9-5-6-10-17(16)24-3/h5-6,9-10H,4,7-8,11-15H2,1-3H3,(H2,20,21,22). The fourth-order valence-electron chi connectivity index (χ4n) is 3.49. The molecule has 1 fully saturated rings. The first kappa shape index (κ1) is 18.6. The van der Waals surface area contributed by atoms with Gasteiger partial charge in [0.25, 0.3) is 0 Å². The lowest BCUT2D eigenvalue weighted by Gasteiger charge is -2.30. The molecule has 24 heavy (non-hydrogen) atoms.